The summed E-state index contributed by atoms with van der Waals surface area (Å²) < 4.78 is 0. The molecule has 0 aromatic carbocycles. The van der Waals surface area contributed by atoms with Crippen molar-refractivity contribution in [1.82, 2.24) is 10.3 Å². The van der Waals surface area contributed by atoms with E-state index < -0.39 is 4.92 Å². The summed E-state index contributed by atoms with van der Waals surface area (Å²) in [6, 6.07) is 2.99. The lowest BCUT2D eigenvalue weighted by molar-refractivity contribution is -0.384. The smallest absolute Gasteiger partial charge is 0.311 e. The Kier molecular flexibility index (Phi) is 5.21. The fraction of sp³-hybridized carbons (Fsp3) is 0.500. The normalized spacial score (nSPS) is 10.1. The van der Waals surface area contributed by atoms with Crippen molar-refractivity contribution < 1.29 is 4.92 Å². The van der Waals surface area contributed by atoms with Gasteiger partial charge in [0.25, 0.3) is 0 Å². The molecule has 0 unspecified atom stereocenters. The first kappa shape index (κ1) is 12.4. The first-order chi connectivity index (χ1) is 7.75. The van der Waals surface area contributed by atoms with Gasteiger partial charge in [-0.15, -0.1) is 0 Å². The molecule has 0 aliphatic carbocycles. The highest BCUT2D eigenvalue weighted by Crippen LogP contribution is 2.19. The predicted molar refractivity (Wildman–Crippen MR) is 62.5 cm³/mol. The van der Waals surface area contributed by atoms with Crippen LogP contribution in [0.5, 0.6) is 0 Å². The highest BCUT2D eigenvalue weighted by atomic mass is 16.6. The molecule has 0 saturated heterocycles. The minimum absolute atomic E-state index is 0.0120. The van der Waals surface area contributed by atoms with Crippen LogP contribution in [0.4, 0.5) is 11.5 Å². The third-order valence-electron chi connectivity index (χ3n) is 2.00. The van der Waals surface area contributed by atoms with E-state index in [0.717, 1.165) is 19.5 Å². The number of aromatic nitrogens is 1. The summed E-state index contributed by atoms with van der Waals surface area (Å²) in [5.74, 6) is 0.325. The highest BCUT2D eigenvalue weighted by molar-refractivity contribution is 5.54. The molecule has 16 heavy (non-hydrogen) atoms. The second-order valence-corrected chi connectivity index (χ2v) is 3.31. The quantitative estimate of drug-likeness (QED) is 0.415. The van der Waals surface area contributed by atoms with Crippen LogP contribution in [0.25, 0.3) is 0 Å². The van der Waals surface area contributed by atoms with E-state index in [1.54, 1.807) is 6.07 Å². The van der Waals surface area contributed by atoms with Crippen LogP contribution in [0, 0.1) is 10.1 Å². The molecule has 1 aromatic heterocycles. The molecule has 0 saturated carbocycles. The third-order valence-corrected chi connectivity index (χ3v) is 2.00. The van der Waals surface area contributed by atoms with Crippen LogP contribution in [0.1, 0.15) is 13.3 Å². The summed E-state index contributed by atoms with van der Waals surface area (Å²) in [5.41, 5.74) is 0.0120. The number of hydrogen-bond acceptors (Lipinski definition) is 5. The number of nitrogens with one attached hydrogen (secondary N) is 2. The summed E-state index contributed by atoms with van der Waals surface area (Å²) in [5, 5.41) is 16.8. The van der Waals surface area contributed by atoms with Gasteiger partial charge in [0.2, 0.25) is 5.82 Å². The summed E-state index contributed by atoms with van der Waals surface area (Å²) in [7, 11) is 0. The summed E-state index contributed by atoms with van der Waals surface area (Å²) in [6.07, 6.45) is 2.61. The fourth-order valence-electron chi connectivity index (χ4n) is 1.25. The van der Waals surface area contributed by atoms with Crippen LogP contribution in [-0.4, -0.2) is 29.5 Å². The van der Waals surface area contributed by atoms with Crippen LogP contribution in [0.15, 0.2) is 18.3 Å². The maximum Gasteiger partial charge on any atom is 0.311 e. The predicted octanol–water partition coefficient (Wildman–Crippen LogP) is 1.40. The first-order valence-electron chi connectivity index (χ1n) is 5.29. The number of rotatable bonds is 7. The van der Waals surface area contributed by atoms with Gasteiger partial charge < -0.3 is 10.6 Å². The molecule has 0 fully saturated rings. The largest absolute Gasteiger partial charge is 0.363 e. The Morgan fingerprint density at radius 1 is 1.44 bits per heavy atom. The van der Waals surface area contributed by atoms with E-state index in [0.29, 0.717) is 12.4 Å². The maximum absolute atomic E-state index is 10.7. The van der Waals surface area contributed by atoms with Gasteiger partial charge in [0, 0.05) is 25.4 Å². The van der Waals surface area contributed by atoms with E-state index in [9.17, 15) is 10.1 Å². The van der Waals surface area contributed by atoms with Crippen molar-refractivity contribution in [3.05, 3.63) is 28.4 Å². The molecule has 0 aliphatic heterocycles. The molecule has 6 nitrogen and oxygen atoms in total. The Balaban J connectivity index is 2.44. The van der Waals surface area contributed by atoms with Crippen LogP contribution in [0.2, 0.25) is 0 Å². The van der Waals surface area contributed by atoms with E-state index in [2.05, 4.69) is 22.5 Å². The first-order valence-corrected chi connectivity index (χ1v) is 5.29. The molecule has 1 aromatic rings. The van der Waals surface area contributed by atoms with Gasteiger partial charge in [0.15, 0.2) is 0 Å². The highest BCUT2D eigenvalue weighted by Gasteiger charge is 2.12. The zero-order valence-electron chi connectivity index (χ0n) is 9.27. The van der Waals surface area contributed by atoms with Gasteiger partial charge >= 0.3 is 5.69 Å². The Labute approximate surface area is 94.2 Å². The molecule has 0 radical (unpaired) electrons. The van der Waals surface area contributed by atoms with Gasteiger partial charge in [0.05, 0.1) is 4.92 Å². The Morgan fingerprint density at radius 2 is 2.25 bits per heavy atom. The number of anilines is 1. The van der Waals surface area contributed by atoms with Crippen molar-refractivity contribution in [1.29, 1.82) is 0 Å². The lowest BCUT2D eigenvalue weighted by atomic mass is 10.4. The van der Waals surface area contributed by atoms with E-state index >= 15 is 0 Å². The monoisotopic (exact) mass is 224 g/mol. The molecule has 0 bridgehead atoms. The molecule has 0 spiro atoms. The van der Waals surface area contributed by atoms with Crippen molar-refractivity contribution in [2.45, 2.75) is 13.3 Å². The van der Waals surface area contributed by atoms with Crippen molar-refractivity contribution in [3.63, 3.8) is 0 Å². The number of nitro groups is 1. The minimum atomic E-state index is -0.436. The summed E-state index contributed by atoms with van der Waals surface area (Å²) >= 11 is 0. The standard InChI is InChI=1S/C10H16N4O2/c1-2-5-11-7-8-13-10-9(14(15)16)4-3-6-12-10/h3-4,6,11H,2,5,7-8H2,1H3,(H,12,13). The van der Waals surface area contributed by atoms with E-state index in [4.69, 9.17) is 0 Å². The Morgan fingerprint density at radius 3 is 2.94 bits per heavy atom. The van der Waals surface area contributed by atoms with E-state index in [-0.39, 0.29) is 5.69 Å². The zero-order valence-corrected chi connectivity index (χ0v) is 9.27. The van der Waals surface area contributed by atoms with Crippen molar-refractivity contribution >= 4 is 11.5 Å². The molecule has 6 heteroatoms. The van der Waals surface area contributed by atoms with Crippen LogP contribution >= 0.6 is 0 Å². The summed E-state index contributed by atoms with van der Waals surface area (Å²) in [6.45, 7) is 4.43. The van der Waals surface area contributed by atoms with Gasteiger partial charge in [-0.25, -0.2) is 4.98 Å². The van der Waals surface area contributed by atoms with Gasteiger partial charge in [-0.05, 0) is 19.0 Å². The zero-order chi connectivity index (χ0) is 11.8. The summed E-state index contributed by atoms with van der Waals surface area (Å²) in [4.78, 5) is 14.2. The topological polar surface area (TPSA) is 80.1 Å². The molecular weight excluding hydrogens is 208 g/mol. The van der Waals surface area contributed by atoms with Gasteiger partial charge in [-0.2, -0.15) is 0 Å². The molecule has 0 aliphatic rings. The lowest BCUT2D eigenvalue weighted by Crippen LogP contribution is -2.23. The van der Waals surface area contributed by atoms with Crippen LogP contribution < -0.4 is 10.6 Å². The van der Waals surface area contributed by atoms with Crippen molar-refractivity contribution in [2.75, 3.05) is 25.0 Å². The Bertz CT molecular complexity index is 343. The molecule has 0 amide bonds. The third kappa shape index (κ3) is 3.82. The lowest BCUT2D eigenvalue weighted by Gasteiger charge is -2.06. The molecule has 88 valence electrons. The van der Waals surface area contributed by atoms with E-state index in [1.807, 2.05) is 0 Å². The second kappa shape index (κ2) is 6.73. The minimum Gasteiger partial charge on any atom is -0.363 e. The number of hydrogen-bond donors (Lipinski definition) is 2. The maximum atomic E-state index is 10.7. The SMILES string of the molecule is CCCNCCNc1ncccc1[N+](=O)[O-]. The molecular formula is C10H16N4O2. The van der Waals surface area contributed by atoms with Crippen molar-refractivity contribution in [3.8, 4) is 0 Å². The number of nitrogens with zero attached hydrogens (tertiary/aromatic N) is 2. The molecule has 2 N–H and O–H groups in total. The second-order valence-electron chi connectivity index (χ2n) is 3.31. The molecule has 1 heterocycles. The van der Waals surface area contributed by atoms with Gasteiger partial charge in [-0.1, -0.05) is 6.92 Å². The number of pyridine rings is 1. The van der Waals surface area contributed by atoms with Gasteiger partial charge in [-0.3, -0.25) is 10.1 Å². The van der Waals surface area contributed by atoms with E-state index in [1.165, 1.54) is 12.3 Å². The van der Waals surface area contributed by atoms with Gasteiger partial charge in [0.1, 0.15) is 0 Å². The molecule has 0 atom stereocenters. The van der Waals surface area contributed by atoms with Crippen LogP contribution in [-0.2, 0) is 0 Å². The average molecular weight is 224 g/mol. The molecule has 1 rings (SSSR count). The van der Waals surface area contributed by atoms with Crippen molar-refractivity contribution in [2.24, 2.45) is 0 Å². The average Bonchev–Trinajstić information content (AvgIpc) is 2.29. The fourth-order valence-corrected chi connectivity index (χ4v) is 1.25. The van der Waals surface area contributed by atoms with Crippen LogP contribution in [0.3, 0.4) is 0 Å². The Hall–Kier alpha value is -1.69.